The summed E-state index contributed by atoms with van der Waals surface area (Å²) in [6, 6.07) is 0. The van der Waals surface area contributed by atoms with Crippen LogP contribution >= 0.6 is 0 Å². The first kappa shape index (κ1) is 10.8. The second-order valence-corrected chi connectivity index (χ2v) is 3.21. The van der Waals surface area contributed by atoms with E-state index in [1.165, 1.54) is 0 Å². The van der Waals surface area contributed by atoms with Gasteiger partial charge in [-0.3, -0.25) is 0 Å². The van der Waals surface area contributed by atoms with Gasteiger partial charge >= 0.3 is 12.1 Å². The van der Waals surface area contributed by atoms with Crippen molar-refractivity contribution in [3.63, 3.8) is 0 Å². The summed E-state index contributed by atoms with van der Waals surface area (Å²) in [6.07, 6.45) is 2.74. The fourth-order valence-electron chi connectivity index (χ4n) is 1.27. The molecule has 0 saturated carbocycles. The first-order chi connectivity index (χ1) is 6.74. The third-order valence-electron chi connectivity index (χ3n) is 2.11. The molecule has 0 aromatic heterocycles. The highest BCUT2D eigenvalue weighted by Gasteiger charge is 2.19. The van der Waals surface area contributed by atoms with Crippen LogP contribution < -0.4 is 0 Å². The van der Waals surface area contributed by atoms with Crippen molar-refractivity contribution in [2.24, 2.45) is 0 Å². The topological polar surface area (TPSA) is 55.8 Å². The van der Waals surface area contributed by atoms with Crippen LogP contribution in [-0.2, 0) is 14.6 Å². The van der Waals surface area contributed by atoms with E-state index in [2.05, 4.69) is 9.78 Å². The summed E-state index contributed by atoms with van der Waals surface area (Å²) in [5, 5.41) is 0. The van der Waals surface area contributed by atoms with Crippen LogP contribution in [0.15, 0.2) is 0 Å². The molecule has 1 amide bonds. The molecule has 0 radical (unpaired) electrons. The quantitative estimate of drug-likeness (QED) is 0.476. The Morgan fingerprint density at radius 1 is 1.14 bits per heavy atom. The molecule has 1 aliphatic rings. The van der Waals surface area contributed by atoms with Crippen LogP contribution in [0.1, 0.15) is 32.6 Å². The lowest BCUT2D eigenvalue weighted by Gasteiger charge is -2.24. The van der Waals surface area contributed by atoms with Gasteiger partial charge in [0.15, 0.2) is 0 Å². The largest absolute Gasteiger partial charge is 0.453 e. The van der Waals surface area contributed by atoms with Crippen LogP contribution in [0.2, 0.25) is 0 Å². The standard InChI is InChI=1S/C9H15NO4/c1-2-8(11)13-14-9(12)10-6-4-3-5-7-10/h2-7H2,1H3. The van der Waals surface area contributed by atoms with Gasteiger partial charge in [0.1, 0.15) is 0 Å². The molecule has 5 nitrogen and oxygen atoms in total. The molecular weight excluding hydrogens is 186 g/mol. The van der Waals surface area contributed by atoms with Gasteiger partial charge in [-0.05, 0) is 19.3 Å². The molecule has 0 atom stereocenters. The highest BCUT2D eigenvalue weighted by molar-refractivity contribution is 5.71. The zero-order chi connectivity index (χ0) is 10.4. The van der Waals surface area contributed by atoms with Crippen LogP contribution in [0.25, 0.3) is 0 Å². The average molecular weight is 201 g/mol. The van der Waals surface area contributed by atoms with Crippen molar-refractivity contribution in [3.8, 4) is 0 Å². The summed E-state index contributed by atoms with van der Waals surface area (Å²) in [5.41, 5.74) is 0. The first-order valence-corrected chi connectivity index (χ1v) is 4.90. The molecule has 1 heterocycles. The Bertz CT molecular complexity index is 211. The summed E-state index contributed by atoms with van der Waals surface area (Å²) in [6.45, 7) is 3.00. The van der Waals surface area contributed by atoms with Crippen LogP contribution in [0, 0.1) is 0 Å². The SMILES string of the molecule is CCC(=O)OOC(=O)N1CCCCC1. The van der Waals surface area contributed by atoms with Crippen molar-refractivity contribution >= 4 is 12.1 Å². The van der Waals surface area contributed by atoms with Crippen molar-refractivity contribution in [1.82, 2.24) is 4.90 Å². The molecule has 5 heteroatoms. The minimum atomic E-state index is -0.563. The van der Waals surface area contributed by atoms with E-state index in [1.54, 1.807) is 11.8 Å². The van der Waals surface area contributed by atoms with E-state index in [0.29, 0.717) is 13.1 Å². The lowest BCUT2D eigenvalue weighted by atomic mass is 10.1. The van der Waals surface area contributed by atoms with Crippen molar-refractivity contribution < 1.29 is 19.4 Å². The molecule has 0 spiro atoms. The number of hydrogen-bond acceptors (Lipinski definition) is 4. The van der Waals surface area contributed by atoms with E-state index in [0.717, 1.165) is 19.3 Å². The fourth-order valence-corrected chi connectivity index (χ4v) is 1.27. The Labute approximate surface area is 82.9 Å². The van der Waals surface area contributed by atoms with Crippen molar-refractivity contribution in [2.45, 2.75) is 32.6 Å². The lowest BCUT2D eigenvalue weighted by molar-refractivity contribution is -0.237. The van der Waals surface area contributed by atoms with Gasteiger partial charge in [0.2, 0.25) is 0 Å². The van der Waals surface area contributed by atoms with E-state index >= 15 is 0 Å². The maximum atomic E-state index is 11.2. The van der Waals surface area contributed by atoms with Crippen LogP contribution in [0.3, 0.4) is 0 Å². The van der Waals surface area contributed by atoms with Gasteiger partial charge in [-0.1, -0.05) is 6.92 Å². The molecule has 80 valence electrons. The number of rotatable bonds is 1. The number of likely N-dealkylation sites (tertiary alicyclic amines) is 1. The second kappa shape index (κ2) is 5.47. The maximum Gasteiger partial charge on any atom is 0.453 e. The van der Waals surface area contributed by atoms with E-state index < -0.39 is 12.1 Å². The smallest absolute Gasteiger partial charge is 0.305 e. The summed E-state index contributed by atoms with van der Waals surface area (Å²) in [5.74, 6) is -0.532. The molecular formula is C9H15NO4. The van der Waals surface area contributed by atoms with Crippen LogP contribution in [-0.4, -0.2) is 30.1 Å². The second-order valence-electron chi connectivity index (χ2n) is 3.21. The summed E-state index contributed by atoms with van der Waals surface area (Å²) in [7, 11) is 0. The van der Waals surface area contributed by atoms with Crippen molar-refractivity contribution in [3.05, 3.63) is 0 Å². The first-order valence-electron chi connectivity index (χ1n) is 4.90. The van der Waals surface area contributed by atoms with Gasteiger partial charge in [0.25, 0.3) is 0 Å². The number of carbonyl (C=O) groups excluding carboxylic acids is 2. The number of piperidine rings is 1. The highest BCUT2D eigenvalue weighted by Crippen LogP contribution is 2.09. The van der Waals surface area contributed by atoms with Crippen LogP contribution in [0.4, 0.5) is 4.79 Å². The van der Waals surface area contributed by atoms with Crippen molar-refractivity contribution in [2.75, 3.05) is 13.1 Å². The van der Waals surface area contributed by atoms with Gasteiger partial charge in [-0.15, -0.1) is 0 Å². The minimum Gasteiger partial charge on any atom is -0.305 e. The third kappa shape index (κ3) is 3.24. The third-order valence-corrected chi connectivity index (χ3v) is 2.11. The molecule has 0 bridgehead atoms. The Kier molecular flexibility index (Phi) is 4.22. The molecule has 1 rings (SSSR count). The highest BCUT2D eigenvalue weighted by atomic mass is 17.2. The number of hydrogen-bond donors (Lipinski definition) is 0. The molecule has 14 heavy (non-hydrogen) atoms. The Hall–Kier alpha value is -1.26. The summed E-state index contributed by atoms with van der Waals surface area (Å²) < 4.78 is 0. The molecule has 1 aliphatic heterocycles. The predicted octanol–water partition coefficient (Wildman–Crippen LogP) is 1.48. The average Bonchev–Trinajstić information content (AvgIpc) is 2.26. The molecule has 0 aromatic rings. The number of carbonyl (C=O) groups is 2. The molecule has 0 N–H and O–H groups in total. The van der Waals surface area contributed by atoms with Gasteiger partial charge in [-0.2, -0.15) is 0 Å². The summed E-state index contributed by atoms with van der Waals surface area (Å²) in [4.78, 5) is 32.1. The molecule has 1 saturated heterocycles. The number of nitrogens with zero attached hydrogens (tertiary/aromatic N) is 1. The van der Waals surface area contributed by atoms with E-state index in [4.69, 9.17) is 0 Å². The lowest BCUT2D eigenvalue weighted by Crippen LogP contribution is -2.36. The van der Waals surface area contributed by atoms with E-state index in [1.807, 2.05) is 0 Å². The van der Waals surface area contributed by atoms with Gasteiger partial charge in [-0.25, -0.2) is 19.4 Å². The predicted molar refractivity (Wildman–Crippen MR) is 48.3 cm³/mol. The van der Waals surface area contributed by atoms with E-state index in [-0.39, 0.29) is 6.42 Å². The number of amides is 1. The zero-order valence-corrected chi connectivity index (χ0v) is 8.32. The van der Waals surface area contributed by atoms with Crippen LogP contribution in [0.5, 0.6) is 0 Å². The van der Waals surface area contributed by atoms with E-state index in [9.17, 15) is 9.59 Å². The zero-order valence-electron chi connectivity index (χ0n) is 8.32. The maximum absolute atomic E-state index is 11.2. The Morgan fingerprint density at radius 3 is 2.36 bits per heavy atom. The Balaban J connectivity index is 2.23. The summed E-state index contributed by atoms with van der Waals surface area (Å²) >= 11 is 0. The molecule has 0 aromatic carbocycles. The normalized spacial score (nSPS) is 16.2. The molecule has 0 aliphatic carbocycles. The minimum absolute atomic E-state index is 0.202. The van der Waals surface area contributed by atoms with Gasteiger partial charge in [0, 0.05) is 19.5 Å². The van der Waals surface area contributed by atoms with Gasteiger partial charge < -0.3 is 4.90 Å². The molecule has 1 fully saturated rings. The van der Waals surface area contributed by atoms with Crippen molar-refractivity contribution in [1.29, 1.82) is 0 Å². The monoisotopic (exact) mass is 201 g/mol. The van der Waals surface area contributed by atoms with Gasteiger partial charge in [0.05, 0.1) is 0 Å². The fraction of sp³-hybridized carbons (Fsp3) is 0.778. The molecule has 0 unspecified atom stereocenters. The Morgan fingerprint density at radius 2 is 1.79 bits per heavy atom.